The molecule has 2 rings (SSSR count). The molecule has 2 atom stereocenters. The Morgan fingerprint density at radius 1 is 1.32 bits per heavy atom. The van der Waals surface area contributed by atoms with Gasteiger partial charge in [-0.05, 0) is 25.2 Å². The average Bonchev–Trinajstić information content (AvgIpc) is 2.99. The molecule has 2 aliphatic rings. The van der Waals surface area contributed by atoms with Crippen LogP contribution in [-0.4, -0.2) is 36.2 Å². The third kappa shape index (κ3) is 3.59. The van der Waals surface area contributed by atoms with Gasteiger partial charge in [0.2, 0.25) is 5.91 Å². The van der Waals surface area contributed by atoms with Crippen LogP contribution in [-0.2, 0) is 9.53 Å². The van der Waals surface area contributed by atoms with E-state index in [1.165, 1.54) is 6.42 Å². The van der Waals surface area contributed by atoms with Crippen LogP contribution in [0.15, 0.2) is 5.16 Å². The second-order valence-corrected chi connectivity index (χ2v) is 5.47. The summed E-state index contributed by atoms with van der Waals surface area (Å²) in [7, 11) is 0. The molecule has 1 saturated carbocycles. The van der Waals surface area contributed by atoms with E-state index in [0.717, 1.165) is 32.1 Å². The first-order valence-electron chi connectivity index (χ1n) is 7.08. The monoisotopic (exact) mass is 269 g/mol. The van der Waals surface area contributed by atoms with Gasteiger partial charge in [-0.2, -0.15) is 0 Å². The van der Waals surface area contributed by atoms with Gasteiger partial charge in [0.1, 0.15) is 0 Å². The van der Waals surface area contributed by atoms with Crippen molar-refractivity contribution in [2.75, 3.05) is 13.2 Å². The molecule has 19 heavy (non-hydrogen) atoms. The van der Waals surface area contributed by atoms with Crippen LogP contribution in [0.2, 0.25) is 0 Å². The van der Waals surface area contributed by atoms with Gasteiger partial charge in [-0.1, -0.05) is 24.4 Å². The van der Waals surface area contributed by atoms with E-state index in [4.69, 9.17) is 15.7 Å². The predicted molar refractivity (Wildman–Crippen MR) is 70.8 cm³/mol. The smallest absolute Gasteiger partial charge is 0.226 e. The molecule has 1 aliphatic heterocycles. The lowest BCUT2D eigenvalue weighted by Gasteiger charge is -2.30. The van der Waals surface area contributed by atoms with Crippen molar-refractivity contribution in [1.82, 2.24) is 5.32 Å². The van der Waals surface area contributed by atoms with Crippen molar-refractivity contribution in [2.45, 2.75) is 44.6 Å². The molecule has 0 spiro atoms. The molecule has 0 aromatic heterocycles. The summed E-state index contributed by atoms with van der Waals surface area (Å²) in [5.41, 5.74) is 5.75. The molecule has 4 N–H and O–H groups in total. The van der Waals surface area contributed by atoms with Crippen LogP contribution in [0.5, 0.6) is 0 Å². The van der Waals surface area contributed by atoms with Crippen LogP contribution in [0, 0.1) is 11.8 Å². The van der Waals surface area contributed by atoms with Gasteiger partial charge in [-0.15, -0.1) is 0 Å². The zero-order valence-corrected chi connectivity index (χ0v) is 11.2. The molecule has 0 radical (unpaired) electrons. The van der Waals surface area contributed by atoms with Crippen LogP contribution in [0.1, 0.15) is 38.5 Å². The number of hydrogen-bond donors (Lipinski definition) is 3. The van der Waals surface area contributed by atoms with Crippen LogP contribution in [0.3, 0.4) is 0 Å². The van der Waals surface area contributed by atoms with E-state index < -0.39 is 0 Å². The van der Waals surface area contributed by atoms with Crippen molar-refractivity contribution in [1.29, 1.82) is 0 Å². The number of oxime groups is 1. The number of ether oxygens (including phenoxy) is 1. The minimum Gasteiger partial charge on any atom is -0.409 e. The van der Waals surface area contributed by atoms with Crippen LogP contribution in [0.4, 0.5) is 0 Å². The highest BCUT2D eigenvalue weighted by molar-refractivity contribution is 5.91. The van der Waals surface area contributed by atoms with Crippen molar-refractivity contribution in [3.05, 3.63) is 0 Å². The highest BCUT2D eigenvalue weighted by atomic mass is 16.5. The first-order chi connectivity index (χ1) is 9.22. The van der Waals surface area contributed by atoms with E-state index in [1.807, 2.05) is 0 Å². The Labute approximate surface area is 113 Å². The Bertz CT molecular complexity index is 334. The Morgan fingerprint density at radius 2 is 2.05 bits per heavy atom. The van der Waals surface area contributed by atoms with Gasteiger partial charge in [0.25, 0.3) is 0 Å². The van der Waals surface area contributed by atoms with E-state index in [-0.39, 0.29) is 29.6 Å². The Balaban J connectivity index is 1.98. The van der Waals surface area contributed by atoms with E-state index in [1.54, 1.807) is 0 Å². The summed E-state index contributed by atoms with van der Waals surface area (Å²) < 4.78 is 5.22. The molecule has 1 amide bonds. The fraction of sp³-hybridized carbons (Fsp3) is 0.846. The highest BCUT2D eigenvalue weighted by Gasteiger charge is 2.31. The number of nitrogens with two attached hydrogens (primary N) is 1. The number of carbonyl (C=O) groups excluding carboxylic acids is 1. The maximum Gasteiger partial charge on any atom is 0.226 e. The van der Waals surface area contributed by atoms with Gasteiger partial charge < -0.3 is 21.0 Å². The zero-order chi connectivity index (χ0) is 13.7. The number of amidine groups is 1. The van der Waals surface area contributed by atoms with Gasteiger partial charge in [-0.25, -0.2) is 0 Å². The van der Waals surface area contributed by atoms with Gasteiger partial charge in [0.15, 0.2) is 5.84 Å². The van der Waals surface area contributed by atoms with Gasteiger partial charge in [-0.3, -0.25) is 4.79 Å². The molecule has 0 bridgehead atoms. The van der Waals surface area contributed by atoms with E-state index in [2.05, 4.69) is 10.5 Å². The quantitative estimate of drug-likeness (QED) is 0.305. The van der Waals surface area contributed by atoms with Gasteiger partial charge in [0.05, 0.1) is 18.6 Å². The summed E-state index contributed by atoms with van der Waals surface area (Å²) in [6, 6.07) is -0.349. The highest BCUT2D eigenvalue weighted by Crippen LogP contribution is 2.27. The molecule has 2 fully saturated rings. The van der Waals surface area contributed by atoms with Crippen molar-refractivity contribution in [3.8, 4) is 0 Å². The SMILES string of the molecule is NC(=NO)C(NC(=O)C1CCOC1)C1CCCCC1. The lowest BCUT2D eigenvalue weighted by Crippen LogP contribution is -2.51. The predicted octanol–water partition coefficient (Wildman–Crippen LogP) is 0.834. The fourth-order valence-electron chi connectivity index (χ4n) is 2.98. The first-order valence-corrected chi connectivity index (χ1v) is 7.08. The van der Waals surface area contributed by atoms with E-state index in [0.29, 0.717) is 13.2 Å². The lowest BCUT2D eigenvalue weighted by molar-refractivity contribution is -0.125. The van der Waals surface area contributed by atoms with Crippen molar-refractivity contribution >= 4 is 11.7 Å². The van der Waals surface area contributed by atoms with Crippen molar-refractivity contribution in [3.63, 3.8) is 0 Å². The Kier molecular flexibility index (Phi) is 5.01. The molecule has 0 aromatic carbocycles. The second kappa shape index (κ2) is 6.75. The maximum atomic E-state index is 12.1. The Hall–Kier alpha value is -1.30. The number of hydrogen-bond acceptors (Lipinski definition) is 4. The number of amides is 1. The number of rotatable bonds is 4. The molecular formula is C13H23N3O3. The molecule has 2 unspecified atom stereocenters. The molecule has 1 aliphatic carbocycles. The zero-order valence-electron chi connectivity index (χ0n) is 11.2. The summed E-state index contributed by atoms with van der Waals surface area (Å²) >= 11 is 0. The van der Waals surface area contributed by atoms with Crippen LogP contribution >= 0.6 is 0 Å². The third-order valence-corrected chi connectivity index (χ3v) is 4.15. The molecule has 1 saturated heterocycles. The first kappa shape index (κ1) is 14.1. The third-order valence-electron chi connectivity index (χ3n) is 4.15. The van der Waals surface area contributed by atoms with E-state index in [9.17, 15) is 4.79 Å². The van der Waals surface area contributed by atoms with E-state index >= 15 is 0 Å². The van der Waals surface area contributed by atoms with Crippen molar-refractivity contribution in [2.24, 2.45) is 22.7 Å². The summed E-state index contributed by atoms with van der Waals surface area (Å²) in [6.45, 7) is 1.11. The van der Waals surface area contributed by atoms with Crippen LogP contribution < -0.4 is 11.1 Å². The molecule has 6 heteroatoms. The normalized spacial score (nSPS) is 27.2. The molecule has 108 valence electrons. The molecule has 6 nitrogen and oxygen atoms in total. The number of nitrogens with zero attached hydrogens (tertiary/aromatic N) is 1. The maximum absolute atomic E-state index is 12.1. The topological polar surface area (TPSA) is 96.9 Å². The number of nitrogens with one attached hydrogen (secondary N) is 1. The van der Waals surface area contributed by atoms with Crippen LogP contribution in [0.25, 0.3) is 0 Å². The Morgan fingerprint density at radius 3 is 2.63 bits per heavy atom. The van der Waals surface area contributed by atoms with Gasteiger partial charge >= 0.3 is 0 Å². The average molecular weight is 269 g/mol. The largest absolute Gasteiger partial charge is 0.409 e. The lowest BCUT2D eigenvalue weighted by atomic mass is 9.83. The molecular weight excluding hydrogens is 246 g/mol. The minimum atomic E-state index is -0.349. The minimum absolute atomic E-state index is 0.0420. The fourth-order valence-corrected chi connectivity index (χ4v) is 2.98. The number of carbonyl (C=O) groups is 1. The summed E-state index contributed by atoms with van der Waals surface area (Å²) in [5.74, 6) is 0.243. The standard InChI is InChI=1S/C13H23N3O3/c14-12(16-18)11(9-4-2-1-3-5-9)15-13(17)10-6-7-19-8-10/h9-11,18H,1-8H2,(H2,14,16)(H,15,17). The molecule has 1 heterocycles. The second-order valence-electron chi connectivity index (χ2n) is 5.47. The van der Waals surface area contributed by atoms with Gasteiger partial charge in [0, 0.05) is 6.61 Å². The summed E-state index contributed by atoms with van der Waals surface area (Å²) in [6.07, 6.45) is 6.29. The molecule has 0 aromatic rings. The summed E-state index contributed by atoms with van der Waals surface area (Å²) in [4.78, 5) is 12.1. The summed E-state index contributed by atoms with van der Waals surface area (Å²) in [5, 5.41) is 14.9. The van der Waals surface area contributed by atoms with Crippen molar-refractivity contribution < 1.29 is 14.7 Å².